The number of anilines is 2. The molecule has 0 spiro atoms. The van der Waals surface area contributed by atoms with E-state index >= 15 is 0 Å². The van der Waals surface area contributed by atoms with Gasteiger partial charge in [0.2, 0.25) is 5.91 Å². The van der Waals surface area contributed by atoms with E-state index in [1.54, 1.807) is 18.2 Å². The lowest BCUT2D eigenvalue weighted by Gasteiger charge is -2.27. The number of rotatable bonds is 7. The Bertz CT molecular complexity index is 1470. The van der Waals surface area contributed by atoms with Gasteiger partial charge in [0.05, 0.1) is 13.2 Å². The number of nitrogens with one attached hydrogen (secondary N) is 2. The van der Waals surface area contributed by atoms with Gasteiger partial charge in [-0.05, 0) is 85.8 Å². The van der Waals surface area contributed by atoms with Crippen LogP contribution in [0.3, 0.4) is 0 Å². The Balaban J connectivity index is 1.30. The molecule has 3 aromatic carbocycles. The van der Waals surface area contributed by atoms with Gasteiger partial charge in [0.25, 0.3) is 11.8 Å². The molecule has 220 valence electrons. The Hall–Kier alpha value is -3.72. The van der Waals surface area contributed by atoms with Crippen LogP contribution in [0.2, 0.25) is 5.02 Å². The number of amides is 3. The van der Waals surface area contributed by atoms with E-state index in [1.807, 2.05) is 66.1 Å². The molecular formula is C33H37ClN4O4. The van der Waals surface area contributed by atoms with Crippen molar-refractivity contribution in [2.24, 2.45) is 0 Å². The number of morpholine rings is 1. The van der Waals surface area contributed by atoms with Gasteiger partial charge >= 0.3 is 0 Å². The highest BCUT2D eigenvalue weighted by Crippen LogP contribution is 2.36. The molecule has 8 nitrogen and oxygen atoms in total. The molecule has 1 saturated heterocycles. The average molecular weight is 589 g/mol. The van der Waals surface area contributed by atoms with Crippen molar-refractivity contribution in [3.05, 3.63) is 93.5 Å². The average Bonchev–Trinajstić information content (AvgIpc) is 3.16. The van der Waals surface area contributed by atoms with Crippen LogP contribution in [0.4, 0.5) is 11.4 Å². The van der Waals surface area contributed by atoms with Crippen LogP contribution in [-0.4, -0.2) is 62.0 Å². The topological polar surface area (TPSA) is 91.0 Å². The van der Waals surface area contributed by atoms with Crippen LogP contribution in [0.5, 0.6) is 0 Å². The summed E-state index contributed by atoms with van der Waals surface area (Å²) < 4.78 is 5.35. The number of fused-ring (bicyclic) bond motifs is 1. The third-order valence-electron chi connectivity index (χ3n) is 7.97. The maximum absolute atomic E-state index is 13.9. The van der Waals surface area contributed by atoms with E-state index in [2.05, 4.69) is 10.6 Å². The standard InChI is InChI=1S/C33H37ClN4O4/c1-22-6-3-4-7-26(22)32(40)36-25-10-11-27(23(2)20-25)33(41)38-15-5-8-29(28-21-24(34)9-12-30(28)38)35-14-13-31(39)37-16-18-42-19-17-37/h3-4,6-7,9-12,20-21,29,35H,5,8,13-19H2,1-2H3,(H,36,40). The van der Waals surface area contributed by atoms with Crippen LogP contribution < -0.4 is 15.5 Å². The number of aryl methyl sites for hydroxylation is 2. The number of carbonyl (C=O) groups excluding carboxylic acids is 3. The summed E-state index contributed by atoms with van der Waals surface area (Å²) in [5.41, 5.74) is 5.27. The van der Waals surface area contributed by atoms with Gasteiger partial charge in [-0.2, -0.15) is 0 Å². The van der Waals surface area contributed by atoms with Crippen molar-refractivity contribution in [3.8, 4) is 0 Å². The van der Waals surface area contributed by atoms with Crippen LogP contribution in [-0.2, 0) is 9.53 Å². The van der Waals surface area contributed by atoms with E-state index in [9.17, 15) is 14.4 Å². The molecule has 0 radical (unpaired) electrons. The van der Waals surface area contributed by atoms with Crippen LogP contribution in [0.15, 0.2) is 60.7 Å². The second kappa shape index (κ2) is 13.5. The molecule has 1 fully saturated rings. The summed E-state index contributed by atoms with van der Waals surface area (Å²) in [5.74, 6) is -0.164. The lowest BCUT2D eigenvalue weighted by molar-refractivity contribution is -0.135. The monoisotopic (exact) mass is 588 g/mol. The van der Waals surface area contributed by atoms with Gasteiger partial charge in [0.1, 0.15) is 0 Å². The molecule has 9 heteroatoms. The first-order valence-corrected chi connectivity index (χ1v) is 14.9. The Labute approximate surface area is 252 Å². The van der Waals surface area contributed by atoms with Crippen molar-refractivity contribution in [3.63, 3.8) is 0 Å². The fourth-order valence-electron chi connectivity index (χ4n) is 5.68. The first-order chi connectivity index (χ1) is 20.3. The maximum Gasteiger partial charge on any atom is 0.258 e. The Morgan fingerprint density at radius 1 is 0.929 bits per heavy atom. The summed E-state index contributed by atoms with van der Waals surface area (Å²) in [4.78, 5) is 43.1. The molecule has 2 heterocycles. The van der Waals surface area contributed by atoms with E-state index in [4.69, 9.17) is 16.3 Å². The number of benzene rings is 3. The lowest BCUT2D eigenvalue weighted by Crippen LogP contribution is -2.41. The van der Waals surface area contributed by atoms with Gasteiger partial charge in [0.15, 0.2) is 0 Å². The van der Waals surface area contributed by atoms with Crippen molar-refractivity contribution >= 4 is 40.7 Å². The van der Waals surface area contributed by atoms with Crippen LogP contribution in [0.25, 0.3) is 0 Å². The molecule has 0 aliphatic carbocycles. The van der Waals surface area contributed by atoms with Crippen molar-refractivity contribution in [2.45, 2.75) is 39.2 Å². The largest absolute Gasteiger partial charge is 0.378 e. The van der Waals surface area contributed by atoms with Gasteiger partial charge in [-0.25, -0.2) is 0 Å². The second-order valence-electron chi connectivity index (χ2n) is 10.9. The quantitative estimate of drug-likeness (QED) is 0.379. The molecule has 2 aliphatic heterocycles. The highest BCUT2D eigenvalue weighted by atomic mass is 35.5. The number of hydrogen-bond acceptors (Lipinski definition) is 5. The summed E-state index contributed by atoms with van der Waals surface area (Å²) in [6, 6.07) is 18.4. The van der Waals surface area contributed by atoms with E-state index < -0.39 is 0 Å². The molecule has 0 aromatic heterocycles. The van der Waals surface area contributed by atoms with Gasteiger partial charge in [0, 0.05) is 66.2 Å². The minimum absolute atomic E-state index is 0.0332. The van der Waals surface area contributed by atoms with Crippen molar-refractivity contribution in [1.29, 1.82) is 0 Å². The van der Waals surface area contributed by atoms with E-state index in [-0.39, 0.29) is 23.8 Å². The zero-order chi connectivity index (χ0) is 29.6. The molecular weight excluding hydrogens is 552 g/mol. The highest BCUT2D eigenvalue weighted by molar-refractivity contribution is 6.30. The predicted octanol–water partition coefficient (Wildman–Crippen LogP) is 5.53. The fourth-order valence-corrected chi connectivity index (χ4v) is 5.86. The van der Waals surface area contributed by atoms with E-state index in [1.165, 1.54) is 0 Å². The summed E-state index contributed by atoms with van der Waals surface area (Å²) in [6.45, 7) is 7.32. The van der Waals surface area contributed by atoms with E-state index in [0.717, 1.165) is 35.2 Å². The third kappa shape index (κ3) is 6.84. The summed E-state index contributed by atoms with van der Waals surface area (Å²) >= 11 is 6.43. The summed E-state index contributed by atoms with van der Waals surface area (Å²) in [7, 11) is 0. The zero-order valence-electron chi connectivity index (χ0n) is 24.1. The minimum Gasteiger partial charge on any atom is -0.378 e. The van der Waals surface area contributed by atoms with Crippen molar-refractivity contribution < 1.29 is 19.1 Å². The summed E-state index contributed by atoms with van der Waals surface area (Å²) in [5, 5.41) is 7.11. The van der Waals surface area contributed by atoms with E-state index in [0.29, 0.717) is 67.7 Å². The second-order valence-corrected chi connectivity index (χ2v) is 11.3. The molecule has 3 amide bonds. The number of nitrogens with zero attached hydrogens (tertiary/aromatic N) is 2. The molecule has 0 bridgehead atoms. The first kappa shape index (κ1) is 29.8. The third-order valence-corrected chi connectivity index (χ3v) is 8.21. The Kier molecular flexibility index (Phi) is 9.57. The van der Waals surface area contributed by atoms with Gasteiger partial charge in [-0.3, -0.25) is 14.4 Å². The molecule has 5 rings (SSSR count). The summed E-state index contributed by atoms with van der Waals surface area (Å²) in [6.07, 6.45) is 2.00. The predicted molar refractivity (Wildman–Crippen MR) is 165 cm³/mol. The highest BCUT2D eigenvalue weighted by Gasteiger charge is 2.28. The van der Waals surface area contributed by atoms with Crippen molar-refractivity contribution in [1.82, 2.24) is 10.2 Å². The maximum atomic E-state index is 13.9. The number of ether oxygens (including phenoxy) is 1. The first-order valence-electron chi connectivity index (χ1n) is 14.5. The number of carbonyl (C=O) groups is 3. The minimum atomic E-state index is -0.185. The molecule has 3 aromatic rings. The molecule has 1 unspecified atom stereocenters. The van der Waals surface area contributed by atoms with Crippen LogP contribution in [0.1, 0.15) is 62.7 Å². The molecule has 1 atom stereocenters. The smallest absolute Gasteiger partial charge is 0.258 e. The van der Waals surface area contributed by atoms with Crippen LogP contribution in [0, 0.1) is 13.8 Å². The molecule has 42 heavy (non-hydrogen) atoms. The fraction of sp³-hybridized carbons (Fsp3) is 0.364. The van der Waals surface area contributed by atoms with Gasteiger partial charge in [-0.1, -0.05) is 29.8 Å². The van der Waals surface area contributed by atoms with Crippen molar-refractivity contribution in [2.75, 3.05) is 49.6 Å². The van der Waals surface area contributed by atoms with Crippen LogP contribution >= 0.6 is 11.6 Å². The van der Waals surface area contributed by atoms with Gasteiger partial charge in [-0.15, -0.1) is 0 Å². The zero-order valence-corrected chi connectivity index (χ0v) is 24.9. The molecule has 2 aliphatic rings. The Morgan fingerprint density at radius 3 is 2.48 bits per heavy atom. The lowest BCUT2D eigenvalue weighted by atomic mass is 10.0. The van der Waals surface area contributed by atoms with Gasteiger partial charge < -0.3 is 25.2 Å². The normalized spacial score (nSPS) is 16.9. The molecule has 0 saturated carbocycles. The number of hydrogen-bond donors (Lipinski definition) is 2. The Morgan fingerprint density at radius 2 is 1.71 bits per heavy atom. The molecule has 2 N–H and O–H groups in total. The SMILES string of the molecule is Cc1ccccc1C(=O)Nc1ccc(C(=O)N2CCCC(NCCC(=O)N3CCOCC3)c3cc(Cl)ccc32)c(C)c1. The number of halogens is 1.